The molecule has 0 atom stereocenters. The molecule has 0 saturated carbocycles. The van der Waals surface area contributed by atoms with Crippen molar-refractivity contribution in [2.45, 2.75) is 9.79 Å². The predicted octanol–water partition coefficient (Wildman–Crippen LogP) is 6.09. The first-order valence-corrected chi connectivity index (χ1v) is 12.9. The Hall–Kier alpha value is -0.320. The zero-order valence-corrected chi connectivity index (χ0v) is 18.1. The third-order valence-electron chi connectivity index (χ3n) is 3.43. The van der Waals surface area contributed by atoms with Crippen LogP contribution in [0.25, 0.3) is 11.1 Å². The average molecular weight is 441 g/mol. The predicted molar refractivity (Wildman–Crippen MR) is 118 cm³/mol. The first-order valence-electron chi connectivity index (χ1n) is 7.15. The van der Waals surface area contributed by atoms with E-state index in [0.717, 1.165) is 11.1 Å². The van der Waals surface area contributed by atoms with Crippen molar-refractivity contribution in [2.75, 3.05) is 12.5 Å². The molecular formula is C16H12N2OS6. The van der Waals surface area contributed by atoms with Crippen LogP contribution in [0.15, 0.2) is 62.1 Å². The fourth-order valence-corrected chi connectivity index (χ4v) is 10.1. The SMILES string of the molecule is CSC1=C(SC)SC(=C2Sc3ccc(-c4cnc(=O)[nH]c4)cc3S2)S1. The van der Waals surface area contributed by atoms with E-state index in [1.54, 1.807) is 12.4 Å². The molecule has 128 valence electrons. The number of benzene rings is 1. The lowest BCUT2D eigenvalue weighted by molar-refractivity contribution is 1.08. The van der Waals surface area contributed by atoms with Crippen molar-refractivity contribution in [1.29, 1.82) is 0 Å². The van der Waals surface area contributed by atoms with E-state index in [9.17, 15) is 4.79 Å². The molecule has 9 heteroatoms. The maximum atomic E-state index is 11.1. The van der Waals surface area contributed by atoms with Crippen molar-refractivity contribution < 1.29 is 0 Å². The van der Waals surface area contributed by atoms with Crippen molar-refractivity contribution in [3.8, 4) is 11.1 Å². The number of aromatic nitrogens is 2. The van der Waals surface area contributed by atoms with E-state index in [2.05, 4.69) is 40.7 Å². The van der Waals surface area contributed by atoms with Gasteiger partial charge < -0.3 is 4.98 Å². The normalized spacial score (nSPS) is 16.7. The second-order valence-corrected chi connectivity index (χ2v) is 11.7. The van der Waals surface area contributed by atoms with Gasteiger partial charge in [-0.1, -0.05) is 53.1 Å². The Labute approximate surface area is 171 Å². The highest BCUT2D eigenvalue weighted by Gasteiger charge is 2.28. The maximum Gasteiger partial charge on any atom is 0.344 e. The molecule has 2 aliphatic heterocycles. The highest BCUT2D eigenvalue weighted by atomic mass is 32.3. The van der Waals surface area contributed by atoms with Gasteiger partial charge in [0.1, 0.15) is 0 Å². The van der Waals surface area contributed by atoms with E-state index in [1.165, 1.54) is 26.7 Å². The lowest BCUT2D eigenvalue weighted by Crippen LogP contribution is -2.07. The zero-order valence-electron chi connectivity index (χ0n) is 13.2. The van der Waals surface area contributed by atoms with Crippen LogP contribution >= 0.6 is 70.6 Å². The van der Waals surface area contributed by atoms with Gasteiger partial charge in [-0.2, -0.15) is 0 Å². The quantitative estimate of drug-likeness (QED) is 0.615. The van der Waals surface area contributed by atoms with Gasteiger partial charge in [-0.05, 0) is 30.2 Å². The summed E-state index contributed by atoms with van der Waals surface area (Å²) in [7, 11) is 0. The summed E-state index contributed by atoms with van der Waals surface area (Å²) < 4.78 is 5.54. The van der Waals surface area contributed by atoms with Crippen LogP contribution < -0.4 is 5.69 Å². The van der Waals surface area contributed by atoms with E-state index in [4.69, 9.17) is 0 Å². The minimum atomic E-state index is -0.321. The van der Waals surface area contributed by atoms with Crippen molar-refractivity contribution in [3.05, 3.63) is 58.0 Å². The summed E-state index contributed by atoms with van der Waals surface area (Å²) >= 11 is 11.1. The molecule has 25 heavy (non-hydrogen) atoms. The van der Waals surface area contributed by atoms with Gasteiger partial charge in [0, 0.05) is 27.7 Å². The van der Waals surface area contributed by atoms with E-state index < -0.39 is 0 Å². The summed E-state index contributed by atoms with van der Waals surface area (Å²) in [5.74, 6) is 0. The molecule has 4 rings (SSSR count). The molecule has 1 aromatic heterocycles. The highest BCUT2D eigenvalue weighted by molar-refractivity contribution is 8.41. The number of fused-ring (bicyclic) bond motifs is 1. The van der Waals surface area contributed by atoms with E-state index in [1.807, 2.05) is 70.6 Å². The Kier molecular flexibility index (Phi) is 5.59. The van der Waals surface area contributed by atoms with Crippen molar-refractivity contribution >= 4 is 70.6 Å². The van der Waals surface area contributed by atoms with Crippen molar-refractivity contribution in [1.82, 2.24) is 9.97 Å². The van der Waals surface area contributed by atoms with Gasteiger partial charge in [0.25, 0.3) is 0 Å². The molecular weight excluding hydrogens is 429 g/mol. The molecule has 3 heterocycles. The molecule has 0 fully saturated rings. The Morgan fingerprint density at radius 2 is 1.60 bits per heavy atom. The topological polar surface area (TPSA) is 45.8 Å². The number of hydrogen-bond acceptors (Lipinski definition) is 8. The molecule has 0 spiro atoms. The number of nitrogens with one attached hydrogen (secondary N) is 1. The number of aromatic amines is 1. The molecule has 0 bridgehead atoms. The Morgan fingerprint density at radius 3 is 2.24 bits per heavy atom. The summed E-state index contributed by atoms with van der Waals surface area (Å²) in [4.78, 5) is 20.1. The maximum absolute atomic E-state index is 11.1. The third kappa shape index (κ3) is 3.72. The van der Waals surface area contributed by atoms with E-state index in [0.29, 0.717) is 0 Å². The molecule has 0 amide bonds. The molecule has 0 radical (unpaired) electrons. The lowest BCUT2D eigenvalue weighted by atomic mass is 10.1. The van der Waals surface area contributed by atoms with Crippen LogP contribution in [-0.4, -0.2) is 22.5 Å². The molecule has 3 nitrogen and oxygen atoms in total. The second-order valence-electron chi connectivity index (χ2n) is 4.94. The Balaban J connectivity index is 1.61. The number of nitrogens with zero attached hydrogens (tertiary/aromatic N) is 1. The minimum absolute atomic E-state index is 0.321. The summed E-state index contributed by atoms with van der Waals surface area (Å²) in [5.41, 5.74) is 1.68. The summed E-state index contributed by atoms with van der Waals surface area (Å²) in [6, 6.07) is 6.42. The van der Waals surface area contributed by atoms with Gasteiger partial charge in [0.2, 0.25) is 0 Å². The molecule has 2 aromatic rings. The van der Waals surface area contributed by atoms with Gasteiger partial charge in [-0.15, -0.1) is 23.5 Å². The first-order chi connectivity index (χ1) is 12.2. The van der Waals surface area contributed by atoms with Crippen LogP contribution in [0.5, 0.6) is 0 Å². The number of H-pyrrole nitrogens is 1. The summed E-state index contributed by atoms with van der Waals surface area (Å²) in [6.45, 7) is 0. The second kappa shape index (κ2) is 7.74. The van der Waals surface area contributed by atoms with Crippen LogP contribution in [0.3, 0.4) is 0 Å². The van der Waals surface area contributed by atoms with E-state index in [-0.39, 0.29) is 5.69 Å². The van der Waals surface area contributed by atoms with E-state index >= 15 is 0 Å². The molecule has 2 aliphatic rings. The first kappa shape index (κ1) is 18.1. The van der Waals surface area contributed by atoms with Crippen LogP contribution in [-0.2, 0) is 0 Å². The van der Waals surface area contributed by atoms with Gasteiger partial charge in [-0.25, -0.2) is 9.78 Å². The number of hydrogen-bond donors (Lipinski definition) is 1. The van der Waals surface area contributed by atoms with Crippen molar-refractivity contribution in [3.63, 3.8) is 0 Å². The average Bonchev–Trinajstić information content (AvgIpc) is 3.25. The standard InChI is InChI=1S/C16H12N2OS6/c1-20-12-13(21-2)25-15(24-12)14-22-10-4-3-8(5-11(10)23-14)9-6-17-16(19)18-7-9/h3-7H,1-2H3,(H,17,18,19). The fraction of sp³-hybridized carbons (Fsp3) is 0.125. The molecule has 0 unspecified atom stereocenters. The van der Waals surface area contributed by atoms with Gasteiger partial charge in [0.15, 0.2) is 0 Å². The zero-order chi connectivity index (χ0) is 17.4. The fourth-order valence-electron chi connectivity index (χ4n) is 2.26. The summed E-state index contributed by atoms with van der Waals surface area (Å²) in [5, 5.41) is 0. The Morgan fingerprint density at radius 1 is 0.920 bits per heavy atom. The van der Waals surface area contributed by atoms with Gasteiger partial charge in [-0.3, -0.25) is 0 Å². The minimum Gasteiger partial charge on any atom is -0.312 e. The highest BCUT2D eigenvalue weighted by Crippen LogP contribution is 2.63. The summed E-state index contributed by atoms with van der Waals surface area (Å²) in [6.07, 6.45) is 7.61. The van der Waals surface area contributed by atoms with Crippen LogP contribution in [0.4, 0.5) is 0 Å². The molecule has 1 N–H and O–H groups in total. The van der Waals surface area contributed by atoms with Gasteiger partial charge >= 0.3 is 5.69 Å². The smallest absolute Gasteiger partial charge is 0.312 e. The van der Waals surface area contributed by atoms with Crippen LogP contribution in [0, 0.1) is 0 Å². The van der Waals surface area contributed by atoms with Gasteiger partial charge in [0.05, 0.1) is 16.9 Å². The largest absolute Gasteiger partial charge is 0.344 e. The molecule has 1 aromatic carbocycles. The lowest BCUT2D eigenvalue weighted by Gasteiger charge is -2.02. The monoisotopic (exact) mass is 440 g/mol. The van der Waals surface area contributed by atoms with Crippen LogP contribution in [0.2, 0.25) is 0 Å². The molecule has 0 saturated heterocycles. The number of thioether (sulfide) groups is 6. The Bertz CT molecular complexity index is 927. The number of rotatable bonds is 3. The third-order valence-corrected chi connectivity index (χ3v) is 11.7. The molecule has 0 aliphatic carbocycles. The van der Waals surface area contributed by atoms with Crippen molar-refractivity contribution in [2.24, 2.45) is 0 Å². The van der Waals surface area contributed by atoms with Crippen LogP contribution in [0.1, 0.15) is 0 Å².